The number of carbonyl (C=O) groups is 1. The molecule has 4 aromatic rings. The number of benzene rings is 2. The topological polar surface area (TPSA) is 87.5 Å². The highest BCUT2D eigenvalue weighted by Gasteiger charge is 2.23. The highest BCUT2D eigenvalue weighted by atomic mass is 35.5. The van der Waals surface area contributed by atoms with Crippen LogP contribution in [-0.2, 0) is 21.4 Å². The van der Waals surface area contributed by atoms with Gasteiger partial charge in [-0.25, -0.2) is 13.4 Å². The maximum absolute atomic E-state index is 12.9. The fourth-order valence-electron chi connectivity index (χ4n) is 4.09. The van der Waals surface area contributed by atoms with Gasteiger partial charge in [-0.05, 0) is 36.4 Å². The Morgan fingerprint density at radius 3 is 2.53 bits per heavy atom. The lowest BCUT2D eigenvalue weighted by Crippen LogP contribution is -2.49. The van der Waals surface area contributed by atoms with Gasteiger partial charge in [0.1, 0.15) is 6.54 Å². The van der Waals surface area contributed by atoms with Crippen molar-refractivity contribution in [1.82, 2.24) is 14.5 Å². The lowest BCUT2D eigenvalue weighted by Gasteiger charge is -2.36. The maximum Gasteiger partial charge on any atom is 0.263 e. The molecule has 0 unspecified atom stereocenters. The molecular formula is C23H22ClN5O3S2. The van der Waals surface area contributed by atoms with Crippen molar-refractivity contribution < 1.29 is 13.2 Å². The van der Waals surface area contributed by atoms with Gasteiger partial charge in [-0.15, -0.1) is 11.3 Å². The van der Waals surface area contributed by atoms with E-state index < -0.39 is 10.0 Å². The number of nitrogens with zero attached hydrogens (tertiary/aromatic N) is 4. The van der Waals surface area contributed by atoms with Gasteiger partial charge < -0.3 is 14.4 Å². The fraction of sp³-hybridized carbons (Fsp3) is 0.217. The number of rotatable bonds is 6. The normalized spacial score (nSPS) is 14.5. The number of sulfonamides is 1. The largest absolute Gasteiger partial charge is 0.368 e. The van der Waals surface area contributed by atoms with E-state index in [1.807, 2.05) is 39.9 Å². The number of thiazole rings is 1. The Morgan fingerprint density at radius 2 is 1.82 bits per heavy atom. The van der Waals surface area contributed by atoms with Crippen LogP contribution < -0.4 is 9.62 Å². The predicted molar refractivity (Wildman–Crippen MR) is 135 cm³/mol. The molecule has 176 valence electrons. The first-order chi connectivity index (χ1) is 16.4. The molecule has 2 aromatic heterocycles. The van der Waals surface area contributed by atoms with Crippen molar-refractivity contribution in [3.63, 3.8) is 0 Å². The number of piperazine rings is 1. The summed E-state index contributed by atoms with van der Waals surface area (Å²) in [7, 11) is -3.68. The first kappa shape index (κ1) is 22.7. The van der Waals surface area contributed by atoms with Crippen molar-refractivity contribution in [2.45, 2.75) is 11.4 Å². The monoisotopic (exact) mass is 515 g/mol. The van der Waals surface area contributed by atoms with Gasteiger partial charge in [-0.1, -0.05) is 23.7 Å². The van der Waals surface area contributed by atoms with E-state index in [1.54, 1.807) is 35.8 Å². The molecule has 5 rings (SSSR count). The number of hydrogen-bond acceptors (Lipinski definition) is 6. The van der Waals surface area contributed by atoms with E-state index in [1.165, 1.54) is 11.3 Å². The molecule has 2 aromatic carbocycles. The fourth-order valence-corrected chi connectivity index (χ4v) is 6.17. The number of aromatic nitrogens is 2. The molecule has 3 heterocycles. The maximum atomic E-state index is 12.9. The Kier molecular flexibility index (Phi) is 6.20. The molecule has 0 saturated carbocycles. The lowest BCUT2D eigenvalue weighted by molar-refractivity contribution is -0.132. The van der Waals surface area contributed by atoms with Gasteiger partial charge >= 0.3 is 0 Å². The van der Waals surface area contributed by atoms with Crippen LogP contribution in [0, 0.1) is 0 Å². The van der Waals surface area contributed by atoms with Crippen molar-refractivity contribution in [2.24, 2.45) is 0 Å². The first-order valence-electron chi connectivity index (χ1n) is 10.7. The van der Waals surface area contributed by atoms with E-state index >= 15 is 0 Å². The van der Waals surface area contributed by atoms with Crippen molar-refractivity contribution in [3.05, 3.63) is 71.3 Å². The van der Waals surface area contributed by atoms with Gasteiger partial charge in [0, 0.05) is 55.0 Å². The minimum atomic E-state index is -3.68. The zero-order chi connectivity index (χ0) is 23.7. The van der Waals surface area contributed by atoms with Crippen LogP contribution in [0.25, 0.3) is 10.9 Å². The summed E-state index contributed by atoms with van der Waals surface area (Å²) in [5.41, 5.74) is 1.79. The molecule has 11 heteroatoms. The third kappa shape index (κ3) is 4.61. The first-order valence-corrected chi connectivity index (χ1v) is 13.4. The molecule has 8 nitrogen and oxygen atoms in total. The van der Waals surface area contributed by atoms with Gasteiger partial charge in [0.25, 0.3) is 10.0 Å². The van der Waals surface area contributed by atoms with Crippen LogP contribution in [0.5, 0.6) is 0 Å². The smallest absolute Gasteiger partial charge is 0.263 e. The highest BCUT2D eigenvalue weighted by Crippen LogP contribution is 2.25. The van der Waals surface area contributed by atoms with Gasteiger partial charge in [0.05, 0.1) is 15.4 Å². The van der Waals surface area contributed by atoms with Crippen LogP contribution in [0.1, 0.15) is 0 Å². The van der Waals surface area contributed by atoms with Crippen molar-refractivity contribution in [3.8, 4) is 0 Å². The van der Waals surface area contributed by atoms with Crippen molar-refractivity contribution in [2.75, 3.05) is 35.8 Å². The van der Waals surface area contributed by atoms with Crippen LogP contribution in [0.15, 0.2) is 71.2 Å². The quantitative estimate of drug-likeness (QED) is 0.421. The lowest BCUT2D eigenvalue weighted by atomic mass is 10.2. The van der Waals surface area contributed by atoms with Gasteiger partial charge in [-0.3, -0.25) is 9.52 Å². The standard InChI is InChI=1S/C23H22ClN5O3S2/c24-20-3-1-2-17-8-10-29(22(17)20)16-21(30)28-13-11-27(12-14-28)18-4-6-19(7-5-18)34(31,32)26-23-25-9-15-33-23/h1-10,15H,11-14,16H2,(H,25,26). The van der Waals surface area contributed by atoms with E-state index in [9.17, 15) is 13.2 Å². The predicted octanol–water partition coefficient (Wildman–Crippen LogP) is 3.90. The van der Waals surface area contributed by atoms with Crippen LogP contribution in [0.3, 0.4) is 0 Å². The van der Waals surface area contributed by atoms with Crippen molar-refractivity contribution >= 4 is 60.6 Å². The molecule has 1 N–H and O–H groups in total. The molecule has 0 atom stereocenters. The molecule has 1 aliphatic heterocycles. The van der Waals surface area contributed by atoms with Crippen LogP contribution in [0.2, 0.25) is 5.02 Å². The average Bonchev–Trinajstić information content (AvgIpc) is 3.50. The van der Waals surface area contributed by atoms with E-state index in [-0.39, 0.29) is 17.3 Å². The van der Waals surface area contributed by atoms with Crippen LogP contribution >= 0.6 is 22.9 Å². The molecule has 34 heavy (non-hydrogen) atoms. The number of anilines is 2. The third-order valence-corrected chi connectivity index (χ3v) is 8.32. The Labute approximate surface area is 206 Å². The van der Waals surface area contributed by atoms with Gasteiger partial charge in [0.15, 0.2) is 5.13 Å². The molecule has 0 bridgehead atoms. The Morgan fingerprint density at radius 1 is 1.06 bits per heavy atom. The van der Waals surface area contributed by atoms with Crippen LogP contribution in [0.4, 0.5) is 10.8 Å². The second-order valence-corrected chi connectivity index (χ2v) is 10.9. The molecule has 1 saturated heterocycles. The van der Waals surface area contributed by atoms with E-state index in [0.717, 1.165) is 16.6 Å². The van der Waals surface area contributed by atoms with E-state index in [4.69, 9.17) is 11.6 Å². The van der Waals surface area contributed by atoms with E-state index in [2.05, 4.69) is 14.6 Å². The molecular weight excluding hydrogens is 494 g/mol. The molecule has 0 aliphatic carbocycles. The van der Waals surface area contributed by atoms with Crippen LogP contribution in [-0.4, -0.2) is 55.0 Å². The number of carbonyl (C=O) groups excluding carboxylic acids is 1. The zero-order valence-electron chi connectivity index (χ0n) is 18.1. The Hall–Kier alpha value is -3.08. The summed E-state index contributed by atoms with van der Waals surface area (Å²) >= 11 is 7.56. The number of halogens is 1. The second kappa shape index (κ2) is 9.28. The summed E-state index contributed by atoms with van der Waals surface area (Å²) < 4.78 is 29.4. The van der Waals surface area contributed by atoms with Crippen molar-refractivity contribution in [1.29, 1.82) is 0 Å². The summed E-state index contributed by atoms with van der Waals surface area (Å²) in [6.45, 7) is 2.77. The molecule has 1 fully saturated rings. The second-order valence-electron chi connectivity index (χ2n) is 7.93. The number of nitrogens with one attached hydrogen (secondary N) is 1. The summed E-state index contributed by atoms with van der Waals surface area (Å²) in [4.78, 5) is 21.1. The highest BCUT2D eigenvalue weighted by molar-refractivity contribution is 7.93. The minimum Gasteiger partial charge on any atom is -0.368 e. The number of para-hydroxylation sites is 1. The Bertz CT molecular complexity index is 1410. The molecule has 0 radical (unpaired) electrons. The number of amides is 1. The number of fused-ring (bicyclic) bond motifs is 1. The van der Waals surface area contributed by atoms with E-state index in [0.29, 0.717) is 36.3 Å². The zero-order valence-corrected chi connectivity index (χ0v) is 20.5. The minimum absolute atomic E-state index is 0.0479. The van der Waals surface area contributed by atoms with Gasteiger partial charge in [-0.2, -0.15) is 0 Å². The molecule has 1 amide bonds. The molecule has 1 aliphatic rings. The Balaban J connectivity index is 1.20. The number of hydrogen-bond donors (Lipinski definition) is 1. The molecule has 0 spiro atoms. The summed E-state index contributed by atoms with van der Waals surface area (Å²) in [5.74, 6) is 0.0479. The summed E-state index contributed by atoms with van der Waals surface area (Å²) in [6.07, 6.45) is 3.44. The third-order valence-electron chi connectivity index (χ3n) is 5.84. The SMILES string of the molecule is O=C(Cn1ccc2cccc(Cl)c21)N1CCN(c2ccc(S(=O)(=O)Nc3nccs3)cc2)CC1. The summed E-state index contributed by atoms with van der Waals surface area (Å²) in [6, 6.07) is 14.4. The summed E-state index contributed by atoms with van der Waals surface area (Å²) in [5, 5.41) is 3.69. The average molecular weight is 516 g/mol. The van der Waals surface area contributed by atoms with Gasteiger partial charge in [0.2, 0.25) is 5.91 Å².